The van der Waals surface area contributed by atoms with Gasteiger partial charge >= 0.3 is 0 Å². The molecule has 0 fully saturated rings. The van der Waals surface area contributed by atoms with Gasteiger partial charge in [0.05, 0.1) is 0 Å². The number of hydrogen-bond donors (Lipinski definition) is 0. The molecule has 10 heavy (non-hydrogen) atoms. The van der Waals surface area contributed by atoms with Crippen molar-refractivity contribution in [2.45, 2.75) is 0 Å². The lowest BCUT2D eigenvalue weighted by atomic mass is 10.5. The lowest BCUT2D eigenvalue weighted by molar-refractivity contribution is 1.53. The quantitative estimate of drug-likeness (QED) is 0.354. The largest absolute Gasteiger partial charge is 0.144 e. The van der Waals surface area contributed by atoms with Crippen molar-refractivity contribution in [1.82, 2.24) is 0 Å². The number of azide groups is 1. The van der Waals surface area contributed by atoms with Gasteiger partial charge in [-0.2, -0.15) is 0 Å². The molecule has 0 saturated carbocycles. The van der Waals surface area contributed by atoms with E-state index in [1.54, 1.807) is 17.4 Å². The molecule has 0 unspecified atom stereocenters. The van der Waals surface area contributed by atoms with Gasteiger partial charge in [0, 0.05) is 16.0 Å². The van der Waals surface area contributed by atoms with Crippen LogP contribution in [0.4, 0.5) is 0 Å². The molecule has 0 saturated heterocycles. The van der Waals surface area contributed by atoms with Crippen LogP contribution in [0.1, 0.15) is 4.88 Å². The van der Waals surface area contributed by atoms with E-state index in [-0.39, 0.29) is 0 Å². The molecule has 0 aromatic carbocycles. The molecule has 0 spiro atoms. The summed E-state index contributed by atoms with van der Waals surface area (Å²) in [5.41, 5.74) is 7.91. The first-order valence-corrected chi connectivity index (χ1v) is 3.56. The van der Waals surface area contributed by atoms with Crippen LogP contribution in [0.3, 0.4) is 0 Å². The van der Waals surface area contributed by atoms with Gasteiger partial charge in [-0.3, -0.25) is 0 Å². The molecule has 0 radical (unpaired) electrons. The lowest BCUT2D eigenvalue weighted by Crippen LogP contribution is -1.51. The molecule has 1 heterocycles. The van der Waals surface area contributed by atoms with Crippen LogP contribution in [-0.2, 0) is 0 Å². The van der Waals surface area contributed by atoms with Crippen LogP contribution < -0.4 is 0 Å². The van der Waals surface area contributed by atoms with Crippen LogP contribution in [0.25, 0.3) is 16.5 Å². The van der Waals surface area contributed by atoms with E-state index in [9.17, 15) is 0 Å². The minimum Gasteiger partial charge on any atom is -0.144 e. The molecule has 0 amide bonds. The number of hydrogen-bond acceptors (Lipinski definition) is 2. The van der Waals surface area contributed by atoms with Gasteiger partial charge in [0.25, 0.3) is 0 Å². The van der Waals surface area contributed by atoms with Gasteiger partial charge in [-0.25, -0.2) is 0 Å². The van der Waals surface area contributed by atoms with Gasteiger partial charge in [0.15, 0.2) is 0 Å². The SMILES string of the molecule is [N-]=[N+]=NC=Cc1cccs1. The zero-order valence-electron chi connectivity index (χ0n) is 5.14. The third-order valence-electron chi connectivity index (χ3n) is 0.900. The molecule has 0 aliphatic rings. The number of rotatable bonds is 2. The highest BCUT2D eigenvalue weighted by atomic mass is 32.1. The van der Waals surface area contributed by atoms with Crippen molar-refractivity contribution in [2.75, 3.05) is 0 Å². The second kappa shape index (κ2) is 3.71. The molecule has 0 N–H and O–H groups in total. The Hall–Kier alpha value is -1.25. The van der Waals surface area contributed by atoms with E-state index in [4.69, 9.17) is 5.53 Å². The van der Waals surface area contributed by atoms with Gasteiger partial charge in [-0.15, -0.1) is 11.3 Å². The number of thiophene rings is 1. The van der Waals surface area contributed by atoms with E-state index in [1.165, 1.54) is 6.20 Å². The lowest BCUT2D eigenvalue weighted by Gasteiger charge is -1.75. The Morgan fingerprint density at radius 2 is 2.60 bits per heavy atom. The highest BCUT2D eigenvalue weighted by Crippen LogP contribution is 2.09. The molecule has 3 nitrogen and oxygen atoms in total. The molecule has 0 aliphatic heterocycles. The van der Waals surface area contributed by atoms with Crippen LogP contribution >= 0.6 is 11.3 Å². The van der Waals surface area contributed by atoms with Crippen LogP contribution in [0, 0.1) is 0 Å². The molecule has 0 bridgehead atoms. The van der Waals surface area contributed by atoms with Crippen LogP contribution in [0.2, 0.25) is 0 Å². The van der Waals surface area contributed by atoms with Gasteiger partial charge in [0.1, 0.15) is 0 Å². The van der Waals surface area contributed by atoms with E-state index >= 15 is 0 Å². The fourth-order valence-corrected chi connectivity index (χ4v) is 1.13. The van der Waals surface area contributed by atoms with Crippen LogP contribution in [0.15, 0.2) is 28.8 Å². The Labute approximate surface area is 62.2 Å². The van der Waals surface area contributed by atoms with Crippen molar-refractivity contribution >= 4 is 17.4 Å². The standard InChI is InChI=1S/C6H5N3S/c7-9-8-4-3-6-2-1-5-10-6/h1-5H. The van der Waals surface area contributed by atoms with Gasteiger partial charge in [-0.1, -0.05) is 11.2 Å². The summed E-state index contributed by atoms with van der Waals surface area (Å²) in [5.74, 6) is 0. The third-order valence-corrected chi connectivity index (χ3v) is 1.74. The summed E-state index contributed by atoms with van der Waals surface area (Å²) in [6.45, 7) is 0. The van der Waals surface area contributed by atoms with Crippen molar-refractivity contribution in [1.29, 1.82) is 0 Å². The average Bonchev–Trinajstić information content (AvgIpc) is 2.41. The van der Waals surface area contributed by atoms with Gasteiger partial charge in [-0.05, 0) is 23.1 Å². The molecular formula is C6H5N3S. The topological polar surface area (TPSA) is 48.8 Å². The predicted octanol–water partition coefficient (Wildman–Crippen LogP) is 3.03. The Morgan fingerprint density at radius 3 is 3.20 bits per heavy atom. The highest BCUT2D eigenvalue weighted by molar-refractivity contribution is 7.10. The molecule has 0 atom stereocenters. The van der Waals surface area contributed by atoms with E-state index in [2.05, 4.69) is 10.0 Å². The van der Waals surface area contributed by atoms with E-state index < -0.39 is 0 Å². The average molecular weight is 151 g/mol. The zero-order valence-corrected chi connectivity index (χ0v) is 5.95. The Bertz CT molecular complexity index is 257. The molecule has 4 heteroatoms. The Morgan fingerprint density at radius 1 is 1.70 bits per heavy atom. The summed E-state index contributed by atoms with van der Waals surface area (Å²) < 4.78 is 0. The maximum atomic E-state index is 7.91. The van der Waals surface area contributed by atoms with Crippen molar-refractivity contribution in [3.05, 3.63) is 39.0 Å². The monoisotopic (exact) mass is 151 g/mol. The predicted molar refractivity (Wildman–Crippen MR) is 42.5 cm³/mol. The van der Waals surface area contributed by atoms with Gasteiger partial charge < -0.3 is 0 Å². The van der Waals surface area contributed by atoms with Crippen molar-refractivity contribution in [3.63, 3.8) is 0 Å². The summed E-state index contributed by atoms with van der Waals surface area (Å²) in [7, 11) is 0. The first kappa shape index (κ1) is 6.86. The first-order chi connectivity index (χ1) is 4.93. The summed E-state index contributed by atoms with van der Waals surface area (Å²) in [4.78, 5) is 3.67. The molecule has 1 aromatic heterocycles. The summed E-state index contributed by atoms with van der Waals surface area (Å²) in [6.07, 6.45) is 3.20. The molecular weight excluding hydrogens is 146 g/mol. The maximum Gasteiger partial charge on any atom is 0.0268 e. The van der Waals surface area contributed by atoms with Crippen molar-refractivity contribution in [3.8, 4) is 0 Å². The third kappa shape index (κ3) is 1.93. The van der Waals surface area contributed by atoms with Crippen molar-refractivity contribution in [2.24, 2.45) is 5.11 Å². The fraction of sp³-hybridized carbons (Fsp3) is 0. The second-order valence-electron chi connectivity index (χ2n) is 1.54. The first-order valence-electron chi connectivity index (χ1n) is 2.68. The highest BCUT2D eigenvalue weighted by Gasteiger charge is 1.81. The summed E-state index contributed by atoms with van der Waals surface area (Å²) >= 11 is 1.60. The van der Waals surface area contributed by atoms with E-state index in [0.717, 1.165) is 4.88 Å². The smallest absolute Gasteiger partial charge is 0.0268 e. The van der Waals surface area contributed by atoms with E-state index in [1.807, 2.05) is 17.5 Å². The van der Waals surface area contributed by atoms with Crippen LogP contribution in [0.5, 0.6) is 0 Å². The summed E-state index contributed by atoms with van der Waals surface area (Å²) in [5, 5.41) is 5.22. The number of nitrogens with zero attached hydrogens (tertiary/aromatic N) is 3. The molecule has 0 aliphatic carbocycles. The van der Waals surface area contributed by atoms with E-state index in [0.29, 0.717) is 0 Å². The van der Waals surface area contributed by atoms with Crippen LogP contribution in [-0.4, -0.2) is 0 Å². The Kier molecular flexibility index (Phi) is 2.55. The molecule has 1 rings (SSSR count). The summed E-state index contributed by atoms with van der Waals surface area (Å²) in [6, 6.07) is 3.90. The Balaban J connectivity index is 2.63. The normalized spacial score (nSPS) is 9.60. The minimum absolute atomic E-state index is 1.09. The maximum absolute atomic E-state index is 7.91. The van der Waals surface area contributed by atoms with Crippen molar-refractivity contribution < 1.29 is 0 Å². The fourth-order valence-electron chi connectivity index (χ4n) is 0.523. The zero-order chi connectivity index (χ0) is 7.23. The minimum atomic E-state index is 1.09. The molecule has 1 aromatic rings. The molecule has 50 valence electrons. The van der Waals surface area contributed by atoms with Gasteiger partial charge in [0.2, 0.25) is 0 Å². The second-order valence-corrected chi connectivity index (χ2v) is 2.52.